The lowest BCUT2D eigenvalue weighted by Gasteiger charge is -2.31. The average Bonchev–Trinajstić information content (AvgIpc) is 2.58. The Hall–Kier alpha value is -1.59. The minimum Gasteiger partial charge on any atom is -0.385 e. The van der Waals surface area contributed by atoms with Gasteiger partial charge in [-0.3, -0.25) is 0 Å². The maximum atomic E-state index is 12.6. The fourth-order valence-electron chi connectivity index (χ4n) is 3.04. The van der Waals surface area contributed by atoms with Crippen LogP contribution in [0.4, 0.5) is 4.79 Å². The van der Waals surface area contributed by atoms with Crippen LogP contribution in [0.25, 0.3) is 0 Å². The molecule has 0 aliphatic rings. The molecule has 5 nitrogen and oxygen atoms in total. The first-order valence-corrected chi connectivity index (χ1v) is 8.99. The van der Waals surface area contributed by atoms with Gasteiger partial charge in [-0.05, 0) is 30.7 Å². The number of hydrogen-bond donors (Lipinski definition) is 1. The van der Waals surface area contributed by atoms with Gasteiger partial charge < -0.3 is 19.7 Å². The molecule has 1 unspecified atom stereocenters. The molecule has 0 saturated carbocycles. The standard InChI is InChI=1S/C20H34N2O3/c1-17(16-20(2,3)18-10-7-6-8-11-18)21-19(23)22(13-15-25-5)12-9-14-24-4/h6-8,10-11,17H,9,12-16H2,1-5H3,(H,21,23). The molecule has 0 heterocycles. The summed E-state index contributed by atoms with van der Waals surface area (Å²) in [4.78, 5) is 14.4. The van der Waals surface area contributed by atoms with Gasteiger partial charge in [0.15, 0.2) is 0 Å². The smallest absolute Gasteiger partial charge is 0.317 e. The van der Waals surface area contributed by atoms with Crippen molar-refractivity contribution in [2.24, 2.45) is 0 Å². The van der Waals surface area contributed by atoms with Crippen LogP contribution < -0.4 is 5.32 Å². The summed E-state index contributed by atoms with van der Waals surface area (Å²) in [5.41, 5.74) is 1.29. The van der Waals surface area contributed by atoms with E-state index in [4.69, 9.17) is 9.47 Å². The topological polar surface area (TPSA) is 50.8 Å². The summed E-state index contributed by atoms with van der Waals surface area (Å²) in [5.74, 6) is 0. The van der Waals surface area contributed by atoms with Gasteiger partial charge in [0.25, 0.3) is 0 Å². The number of nitrogens with zero attached hydrogens (tertiary/aromatic N) is 1. The van der Waals surface area contributed by atoms with Crippen LogP contribution in [-0.4, -0.2) is 57.5 Å². The van der Waals surface area contributed by atoms with E-state index in [2.05, 4.69) is 50.4 Å². The third-order valence-corrected chi connectivity index (χ3v) is 4.37. The Balaban J connectivity index is 2.59. The van der Waals surface area contributed by atoms with Crippen molar-refractivity contribution in [2.75, 3.05) is 40.5 Å². The van der Waals surface area contributed by atoms with Gasteiger partial charge in [-0.2, -0.15) is 0 Å². The Bertz CT molecular complexity index is 491. The van der Waals surface area contributed by atoms with Gasteiger partial charge >= 0.3 is 6.03 Å². The molecule has 0 fully saturated rings. The minimum atomic E-state index is -0.0375. The van der Waals surface area contributed by atoms with Crippen LogP contribution in [0.2, 0.25) is 0 Å². The van der Waals surface area contributed by atoms with Crippen LogP contribution in [0.15, 0.2) is 30.3 Å². The molecule has 0 bridgehead atoms. The first kappa shape index (κ1) is 21.5. The van der Waals surface area contributed by atoms with Gasteiger partial charge in [-0.25, -0.2) is 4.79 Å². The Kier molecular flexibility index (Phi) is 9.53. The zero-order valence-electron chi connectivity index (χ0n) is 16.4. The van der Waals surface area contributed by atoms with Crippen molar-refractivity contribution >= 4 is 6.03 Å². The van der Waals surface area contributed by atoms with Gasteiger partial charge in [-0.1, -0.05) is 44.2 Å². The quantitative estimate of drug-likeness (QED) is 0.622. The van der Waals surface area contributed by atoms with E-state index in [1.54, 1.807) is 19.1 Å². The number of hydrogen-bond acceptors (Lipinski definition) is 3. The highest BCUT2D eigenvalue weighted by Gasteiger charge is 2.25. The van der Waals surface area contributed by atoms with Crippen LogP contribution in [0.1, 0.15) is 39.2 Å². The van der Waals surface area contributed by atoms with E-state index in [9.17, 15) is 4.79 Å². The number of methoxy groups -OCH3 is 2. The molecular formula is C20H34N2O3. The second-order valence-electron chi connectivity index (χ2n) is 7.13. The highest BCUT2D eigenvalue weighted by atomic mass is 16.5. The van der Waals surface area contributed by atoms with Gasteiger partial charge in [-0.15, -0.1) is 0 Å². The number of nitrogens with one attached hydrogen (secondary N) is 1. The third kappa shape index (κ3) is 7.88. The summed E-state index contributed by atoms with van der Waals surface area (Å²) in [7, 11) is 3.32. The van der Waals surface area contributed by atoms with E-state index in [-0.39, 0.29) is 17.5 Å². The Morgan fingerprint density at radius 2 is 1.76 bits per heavy atom. The summed E-state index contributed by atoms with van der Waals surface area (Å²) >= 11 is 0. The molecule has 0 aliphatic heterocycles. The number of benzene rings is 1. The number of urea groups is 1. The molecule has 1 atom stereocenters. The molecule has 0 aromatic heterocycles. The van der Waals surface area contributed by atoms with Gasteiger partial charge in [0.2, 0.25) is 0 Å². The molecule has 1 aromatic rings. The van der Waals surface area contributed by atoms with E-state index in [0.717, 1.165) is 12.8 Å². The lowest BCUT2D eigenvalue weighted by Crippen LogP contribution is -2.47. The number of carbonyl (C=O) groups excluding carboxylic acids is 1. The molecule has 5 heteroatoms. The van der Waals surface area contributed by atoms with Gasteiger partial charge in [0.1, 0.15) is 0 Å². The first-order valence-electron chi connectivity index (χ1n) is 8.99. The SMILES string of the molecule is COCCCN(CCOC)C(=O)NC(C)CC(C)(C)c1ccccc1. The van der Waals surface area contributed by atoms with Crippen molar-refractivity contribution in [1.82, 2.24) is 10.2 Å². The Morgan fingerprint density at radius 1 is 1.12 bits per heavy atom. The van der Waals surface area contributed by atoms with E-state index in [1.807, 2.05) is 6.07 Å². The Morgan fingerprint density at radius 3 is 2.36 bits per heavy atom. The number of amides is 2. The predicted molar refractivity (Wildman–Crippen MR) is 102 cm³/mol. The van der Waals surface area contributed by atoms with Crippen molar-refractivity contribution in [2.45, 2.75) is 45.1 Å². The molecular weight excluding hydrogens is 316 g/mol. The normalized spacial score (nSPS) is 12.7. The monoisotopic (exact) mass is 350 g/mol. The fourth-order valence-corrected chi connectivity index (χ4v) is 3.04. The van der Waals surface area contributed by atoms with Crippen molar-refractivity contribution in [3.63, 3.8) is 0 Å². The van der Waals surface area contributed by atoms with Crippen LogP contribution in [0, 0.1) is 0 Å². The highest BCUT2D eigenvalue weighted by Crippen LogP contribution is 2.28. The van der Waals surface area contributed by atoms with Crippen molar-refractivity contribution < 1.29 is 14.3 Å². The minimum absolute atomic E-state index is 0.00136. The maximum absolute atomic E-state index is 12.6. The number of carbonyl (C=O) groups is 1. The first-order chi connectivity index (χ1) is 11.9. The Labute approximate surface area is 152 Å². The van der Waals surface area contributed by atoms with Crippen LogP contribution in [0.3, 0.4) is 0 Å². The lowest BCUT2D eigenvalue weighted by atomic mass is 9.79. The summed E-state index contributed by atoms with van der Waals surface area (Å²) < 4.78 is 10.2. The molecule has 142 valence electrons. The average molecular weight is 351 g/mol. The lowest BCUT2D eigenvalue weighted by molar-refractivity contribution is 0.135. The van der Waals surface area contributed by atoms with Crippen molar-refractivity contribution in [3.8, 4) is 0 Å². The van der Waals surface area contributed by atoms with E-state index >= 15 is 0 Å². The molecule has 1 N–H and O–H groups in total. The predicted octanol–water partition coefficient (Wildman–Crippen LogP) is 3.44. The zero-order chi connectivity index (χ0) is 18.7. The summed E-state index contributed by atoms with van der Waals surface area (Å²) in [6.07, 6.45) is 1.69. The second kappa shape index (κ2) is 11.1. The molecule has 2 amide bonds. The van der Waals surface area contributed by atoms with Crippen LogP contribution in [-0.2, 0) is 14.9 Å². The molecule has 1 rings (SSSR count). The third-order valence-electron chi connectivity index (χ3n) is 4.37. The summed E-state index contributed by atoms with van der Waals surface area (Å²) in [6, 6.07) is 10.5. The zero-order valence-corrected chi connectivity index (χ0v) is 16.4. The highest BCUT2D eigenvalue weighted by molar-refractivity contribution is 5.74. The summed E-state index contributed by atoms with van der Waals surface area (Å²) in [6.45, 7) is 8.92. The molecule has 0 saturated heterocycles. The second-order valence-corrected chi connectivity index (χ2v) is 7.13. The number of ether oxygens (including phenoxy) is 2. The van der Waals surface area contributed by atoms with E-state index in [1.165, 1.54) is 5.56 Å². The maximum Gasteiger partial charge on any atom is 0.317 e. The van der Waals surface area contributed by atoms with Crippen molar-refractivity contribution in [3.05, 3.63) is 35.9 Å². The van der Waals surface area contributed by atoms with E-state index < -0.39 is 0 Å². The van der Waals surface area contributed by atoms with Crippen molar-refractivity contribution in [1.29, 1.82) is 0 Å². The molecule has 0 aliphatic carbocycles. The van der Waals surface area contributed by atoms with E-state index in [0.29, 0.717) is 26.3 Å². The molecule has 25 heavy (non-hydrogen) atoms. The van der Waals surface area contributed by atoms with Gasteiger partial charge in [0, 0.05) is 40.0 Å². The molecule has 0 radical (unpaired) electrons. The van der Waals surface area contributed by atoms with Crippen LogP contribution >= 0.6 is 0 Å². The molecule has 0 spiro atoms. The summed E-state index contributed by atoms with van der Waals surface area (Å²) in [5, 5.41) is 3.13. The fraction of sp³-hybridized carbons (Fsp3) is 0.650. The van der Waals surface area contributed by atoms with Crippen LogP contribution in [0.5, 0.6) is 0 Å². The largest absolute Gasteiger partial charge is 0.385 e. The molecule has 1 aromatic carbocycles. The van der Waals surface area contributed by atoms with Gasteiger partial charge in [0.05, 0.1) is 6.61 Å². The number of rotatable bonds is 11.